The van der Waals surface area contributed by atoms with Crippen LogP contribution in [-0.4, -0.2) is 29.7 Å². The van der Waals surface area contributed by atoms with Crippen molar-refractivity contribution in [2.45, 2.75) is 6.92 Å². The van der Waals surface area contributed by atoms with Crippen LogP contribution in [0.25, 0.3) is 44.6 Å². The summed E-state index contributed by atoms with van der Waals surface area (Å²) in [5.74, 6) is 0.970. The lowest BCUT2D eigenvalue weighted by Crippen LogP contribution is -1.94. The molecule has 0 atom stereocenters. The summed E-state index contributed by atoms with van der Waals surface area (Å²) in [4.78, 5) is 12.3. The fraction of sp³-hybridized carbons (Fsp3) is 0.105. The van der Waals surface area contributed by atoms with Crippen LogP contribution in [0.2, 0.25) is 0 Å². The smallest absolute Gasteiger partial charge is 0.181 e. The molecule has 0 aliphatic rings. The first kappa shape index (κ1) is 14.0. The largest absolute Gasteiger partial charge is 0.353 e. The van der Waals surface area contributed by atoms with Crippen LogP contribution >= 0.6 is 0 Å². The van der Waals surface area contributed by atoms with E-state index < -0.39 is 0 Å². The van der Waals surface area contributed by atoms with E-state index in [4.69, 9.17) is 0 Å². The van der Waals surface area contributed by atoms with Gasteiger partial charge in [0.25, 0.3) is 0 Å². The quantitative estimate of drug-likeness (QED) is 0.517. The zero-order valence-electron chi connectivity index (χ0n) is 13.9. The van der Waals surface area contributed by atoms with Gasteiger partial charge in [0.2, 0.25) is 0 Å². The van der Waals surface area contributed by atoms with E-state index in [1.165, 1.54) is 5.39 Å². The van der Waals surface area contributed by atoms with Crippen LogP contribution in [0.4, 0.5) is 0 Å². The lowest BCUT2D eigenvalue weighted by molar-refractivity contribution is 0.865. The van der Waals surface area contributed by atoms with Crippen molar-refractivity contribution in [3.05, 3.63) is 54.6 Å². The Balaban J connectivity index is 1.71. The van der Waals surface area contributed by atoms with Gasteiger partial charge in [0.15, 0.2) is 5.65 Å². The molecule has 0 spiro atoms. The van der Waals surface area contributed by atoms with Crippen molar-refractivity contribution < 1.29 is 0 Å². The molecule has 0 saturated carbocycles. The predicted octanol–water partition coefficient (Wildman–Crippen LogP) is 3.82. The highest BCUT2D eigenvalue weighted by atomic mass is 15.2. The summed E-state index contributed by atoms with van der Waals surface area (Å²) >= 11 is 0. The number of aromatic nitrogens is 6. The molecular formula is C19H16N6. The predicted molar refractivity (Wildman–Crippen MR) is 98.1 cm³/mol. The van der Waals surface area contributed by atoms with Crippen LogP contribution < -0.4 is 0 Å². The van der Waals surface area contributed by atoms with Gasteiger partial charge in [-0.15, -0.1) is 0 Å². The number of rotatable bonds is 2. The summed E-state index contributed by atoms with van der Waals surface area (Å²) in [6, 6.07) is 12.5. The van der Waals surface area contributed by atoms with Crippen molar-refractivity contribution in [2.75, 3.05) is 0 Å². The van der Waals surface area contributed by atoms with Crippen LogP contribution in [0.5, 0.6) is 0 Å². The van der Waals surface area contributed by atoms with Crippen molar-refractivity contribution in [2.24, 2.45) is 7.05 Å². The van der Waals surface area contributed by atoms with Crippen molar-refractivity contribution in [3.8, 4) is 22.6 Å². The second-order valence-corrected chi connectivity index (χ2v) is 6.21. The van der Waals surface area contributed by atoms with E-state index in [1.54, 1.807) is 0 Å². The lowest BCUT2D eigenvalue weighted by Gasteiger charge is -2.04. The number of nitrogens with one attached hydrogen (secondary N) is 2. The Morgan fingerprint density at radius 1 is 1.04 bits per heavy atom. The number of fused-ring (bicyclic) bond motifs is 2. The number of H-pyrrole nitrogens is 2. The molecule has 0 unspecified atom stereocenters. The monoisotopic (exact) mass is 328 g/mol. The van der Waals surface area contributed by atoms with E-state index in [0.717, 1.165) is 39.4 Å². The Hall–Kier alpha value is -3.41. The summed E-state index contributed by atoms with van der Waals surface area (Å²) in [6.45, 7) is 1.99. The molecule has 0 radical (unpaired) electrons. The fourth-order valence-electron chi connectivity index (χ4n) is 3.22. The molecule has 6 heteroatoms. The number of aromatic amines is 2. The molecule has 0 aliphatic carbocycles. The molecule has 5 rings (SSSR count). The van der Waals surface area contributed by atoms with Crippen molar-refractivity contribution in [1.82, 2.24) is 29.7 Å². The highest BCUT2D eigenvalue weighted by molar-refractivity contribution is 5.95. The van der Waals surface area contributed by atoms with Crippen molar-refractivity contribution >= 4 is 21.9 Å². The maximum atomic E-state index is 4.51. The summed E-state index contributed by atoms with van der Waals surface area (Å²) in [6.07, 6.45) is 3.72. The minimum atomic E-state index is 0.705. The molecule has 0 amide bonds. The Labute approximate surface area is 143 Å². The standard InChI is InChI=1S/C19H16N6/c1-11-20-10-17(25(11)2)13-7-14-18(23-24-19(14)21-9-13)16-8-12-5-3-4-6-15(12)22-16/h3-10,22H,1-2H3,(H,21,23,24). The lowest BCUT2D eigenvalue weighted by atomic mass is 10.1. The van der Waals surface area contributed by atoms with Crippen LogP contribution in [0, 0.1) is 6.92 Å². The van der Waals surface area contributed by atoms with E-state index in [2.05, 4.69) is 54.0 Å². The van der Waals surface area contributed by atoms with Crippen molar-refractivity contribution in [1.29, 1.82) is 0 Å². The van der Waals surface area contributed by atoms with Crippen molar-refractivity contribution in [3.63, 3.8) is 0 Å². The first-order valence-electron chi connectivity index (χ1n) is 8.11. The molecule has 0 fully saturated rings. The number of nitrogens with zero attached hydrogens (tertiary/aromatic N) is 4. The highest BCUT2D eigenvalue weighted by Crippen LogP contribution is 2.30. The van der Waals surface area contributed by atoms with Gasteiger partial charge < -0.3 is 9.55 Å². The molecule has 6 nitrogen and oxygen atoms in total. The molecule has 1 aromatic carbocycles. The van der Waals surface area contributed by atoms with Gasteiger partial charge in [-0.3, -0.25) is 5.10 Å². The zero-order chi connectivity index (χ0) is 17.0. The molecular weight excluding hydrogens is 312 g/mol. The Bertz CT molecular complexity index is 1190. The number of benzene rings is 1. The third kappa shape index (κ3) is 2.07. The molecule has 2 N–H and O–H groups in total. The maximum Gasteiger partial charge on any atom is 0.181 e. The average molecular weight is 328 g/mol. The third-order valence-corrected chi connectivity index (χ3v) is 4.73. The molecule has 4 aromatic heterocycles. The minimum Gasteiger partial charge on any atom is -0.353 e. The topological polar surface area (TPSA) is 75.2 Å². The molecule has 0 bridgehead atoms. The van der Waals surface area contributed by atoms with Gasteiger partial charge in [0.1, 0.15) is 5.82 Å². The Morgan fingerprint density at radius 3 is 2.72 bits per heavy atom. The van der Waals surface area contributed by atoms with Gasteiger partial charge in [-0.1, -0.05) is 18.2 Å². The van der Waals surface area contributed by atoms with Crippen LogP contribution in [0.3, 0.4) is 0 Å². The van der Waals surface area contributed by atoms with E-state index in [0.29, 0.717) is 5.65 Å². The normalized spacial score (nSPS) is 11.6. The summed E-state index contributed by atoms with van der Waals surface area (Å²) in [7, 11) is 2.01. The van der Waals surface area contributed by atoms with Crippen LogP contribution in [0.1, 0.15) is 5.82 Å². The summed E-state index contributed by atoms with van der Waals surface area (Å²) < 4.78 is 2.06. The second-order valence-electron chi connectivity index (χ2n) is 6.21. The molecule has 4 heterocycles. The SMILES string of the molecule is Cc1ncc(-c2cnc3n[nH]c(-c4cc5ccccc5[nH]4)c3c2)n1C. The number of pyridine rings is 1. The van der Waals surface area contributed by atoms with E-state index >= 15 is 0 Å². The van der Waals surface area contributed by atoms with Crippen LogP contribution in [-0.2, 0) is 7.05 Å². The van der Waals surface area contributed by atoms with Gasteiger partial charge in [-0.25, -0.2) is 9.97 Å². The van der Waals surface area contributed by atoms with E-state index in [-0.39, 0.29) is 0 Å². The Kier molecular flexibility index (Phi) is 2.82. The van der Waals surface area contributed by atoms with Gasteiger partial charge in [-0.05, 0) is 25.1 Å². The number of para-hydroxylation sites is 1. The number of aryl methyl sites for hydroxylation is 1. The van der Waals surface area contributed by atoms with E-state index in [1.807, 2.05) is 38.5 Å². The van der Waals surface area contributed by atoms with E-state index in [9.17, 15) is 0 Å². The Morgan fingerprint density at radius 2 is 1.92 bits per heavy atom. The molecule has 0 aliphatic heterocycles. The zero-order valence-corrected chi connectivity index (χ0v) is 13.9. The van der Waals surface area contributed by atoms with Gasteiger partial charge in [-0.2, -0.15) is 5.10 Å². The molecule has 25 heavy (non-hydrogen) atoms. The maximum absolute atomic E-state index is 4.51. The minimum absolute atomic E-state index is 0.705. The van der Waals surface area contributed by atoms with Gasteiger partial charge in [0, 0.05) is 35.1 Å². The average Bonchev–Trinajstić information content (AvgIpc) is 3.31. The first-order chi connectivity index (χ1) is 12.2. The molecule has 5 aromatic rings. The fourth-order valence-corrected chi connectivity index (χ4v) is 3.22. The molecule has 122 valence electrons. The number of hydrogen-bond acceptors (Lipinski definition) is 3. The van der Waals surface area contributed by atoms with Crippen LogP contribution in [0.15, 0.2) is 48.8 Å². The van der Waals surface area contributed by atoms with Gasteiger partial charge in [0.05, 0.1) is 23.3 Å². The first-order valence-corrected chi connectivity index (χ1v) is 8.11. The third-order valence-electron chi connectivity index (χ3n) is 4.73. The second kappa shape index (κ2) is 5.04. The summed E-state index contributed by atoms with van der Waals surface area (Å²) in [5, 5.41) is 9.63. The number of hydrogen-bond donors (Lipinski definition) is 2. The highest BCUT2D eigenvalue weighted by Gasteiger charge is 2.14. The number of imidazole rings is 1. The summed E-state index contributed by atoms with van der Waals surface area (Å²) in [5.41, 5.74) is 5.82. The van der Waals surface area contributed by atoms with Gasteiger partial charge >= 0.3 is 0 Å². The molecule has 0 saturated heterocycles.